The quantitative estimate of drug-likeness (QED) is 0.509. The Morgan fingerprint density at radius 3 is 2.00 bits per heavy atom. The lowest BCUT2D eigenvalue weighted by atomic mass is 9.84. The molecule has 4 nitrogen and oxygen atoms in total. The highest BCUT2D eigenvalue weighted by molar-refractivity contribution is 6.03. The fourth-order valence-corrected chi connectivity index (χ4v) is 1.72. The van der Waals surface area contributed by atoms with E-state index in [-0.39, 0.29) is 18.3 Å². The lowest BCUT2D eigenvalue weighted by Gasteiger charge is -2.28. The van der Waals surface area contributed by atoms with Crippen molar-refractivity contribution < 1.29 is 19.1 Å². The normalized spacial score (nSPS) is 13.6. The lowest BCUT2D eigenvalue weighted by molar-refractivity contribution is -0.161. The van der Waals surface area contributed by atoms with Crippen molar-refractivity contribution in [2.24, 2.45) is 11.8 Å². The van der Waals surface area contributed by atoms with Gasteiger partial charge in [0.05, 0.1) is 6.61 Å². The van der Waals surface area contributed by atoms with Gasteiger partial charge in [-0.2, -0.15) is 0 Å². The highest BCUT2D eigenvalue weighted by Gasteiger charge is 2.40. The molecule has 0 saturated carbocycles. The summed E-state index contributed by atoms with van der Waals surface area (Å²) in [5.74, 6) is -1.52. The van der Waals surface area contributed by atoms with Crippen LogP contribution in [0.25, 0.3) is 0 Å². The maximum atomic E-state index is 12.3. The molecule has 0 amide bonds. The minimum atomic E-state index is -0.948. The molecule has 17 heavy (non-hydrogen) atoms. The molecule has 100 valence electrons. The van der Waals surface area contributed by atoms with Crippen molar-refractivity contribution in [1.29, 1.82) is 0 Å². The van der Waals surface area contributed by atoms with Crippen molar-refractivity contribution in [3.8, 4) is 0 Å². The van der Waals surface area contributed by atoms with Gasteiger partial charge in [-0.25, -0.2) is 0 Å². The van der Waals surface area contributed by atoms with Crippen molar-refractivity contribution in [2.75, 3.05) is 13.2 Å². The first-order valence-electron chi connectivity index (χ1n) is 6.12. The molecule has 0 aliphatic carbocycles. The third-order valence-corrected chi connectivity index (χ3v) is 2.59. The number of hydrogen-bond acceptors (Lipinski definition) is 4. The molecule has 0 aromatic heterocycles. The van der Waals surface area contributed by atoms with E-state index in [1.807, 2.05) is 20.8 Å². The second-order valence-electron chi connectivity index (χ2n) is 4.78. The van der Waals surface area contributed by atoms with Gasteiger partial charge in [0.1, 0.15) is 11.5 Å². The van der Waals surface area contributed by atoms with Crippen molar-refractivity contribution in [1.82, 2.24) is 0 Å². The van der Waals surface area contributed by atoms with Gasteiger partial charge in [-0.1, -0.05) is 13.8 Å². The first-order valence-corrected chi connectivity index (χ1v) is 6.12. The molecular weight excluding hydrogens is 220 g/mol. The van der Waals surface area contributed by atoms with Crippen LogP contribution in [0.1, 0.15) is 41.5 Å². The standard InChI is InChI=1S/C13H24O4/c1-7-16-12(15)10(9(3)4)11(14)13(5,6)17-8-2/h9-10H,7-8H2,1-6H3. The molecule has 0 radical (unpaired) electrons. The number of ketones is 1. The third kappa shape index (κ3) is 4.46. The zero-order valence-corrected chi connectivity index (χ0v) is 11.7. The Labute approximate surface area is 104 Å². The lowest BCUT2D eigenvalue weighted by Crippen LogP contribution is -2.45. The molecule has 0 aliphatic heterocycles. The number of carbonyl (C=O) groups is 2. The predicted octanol–water partition coefficient (Wildman–Crippen LogP) is 2.21. The van der Waals surface area contributed by atoms with Crippen molar-refractivity contribution in [3.63, 3.8) is 0 Å². The van der Waals surface area contributed by atoms with Crippen LogP contribution in [0, 0.1) is 11.8 Å². The molecule has 0 saturated heterocycles. The average Bonchev–Trinajstić information content (AvgIpc) is 2.17. The van der Waals surface area contributed by atoms with E-state index >= 15 is 0 Å². The Morgan fingerprint density at radius 1 is 1.12 bits per heavy atom. The van der Waals surface area contributed by atoms with Gasteiger partial charge < -0.3 is 9.47 Å². The molecule has 0 aliphatic rings. The summed E-state index contributed by atoms with van der Waals surface area (Å²) in [6.07, 6.45) is 0. The smallest absolute Gasteiger partial charge is 0.316 e. The van der Waals surface area contributed by atoms with Crippen LogP contribution in [0.15, 0.2) is 0 Å². The number of Topliss-reactive ketones (excluding diaryl/α,β-unsaturated/α-hetero) is 1. The number of ether oxygens (including phenoxy) is 2. The largest absolute Gasteiger partial charge is 0.465 e. The number of rotatable bonds is 7. The topological polar surface area (TPSA) is 52.6 Å². The predicted molar refractivity (Wildman–Crippen MR) is 65.7 cm³/mol. The first kappa shape index (κ1) is 16.1. The van der Waals surface area contributed by atoms with Crippen LogP contribution in [0.2, 0.25) is 0 Å². The molecule has 0 N–H and O–H groups in total. The van der Waals surface area contributed by atoms with Gasteiger partial charge in [0, 0.05) is 6.61 Å². The summed E-state index contributed by atoms with van der Waals surface area (Å²) in [6, 6.07) is 0. The number of hydrogen-bond donors (Lipinski definition) is 0. The molecule has 0 fully saturated rings. The van der Waals surface area contributed by atoms with Crippen molar-refractivity contribution >= 4 is 11.8 Å². The summed E-state index contributed by atoms with van der Waals surface area (Å²) in [7, 11) is 0. The highest BCUT2D eigenvalue weighted by atomic mass is 16.5. The third-order valence-electron chi connectivity index (χ3n) is 2.59. The monoisotopic (exact) mass is 244 g/mol. The first-order chi connectivity index (χ1) is 7.77. The summed E-state index contributed by atoms with van der Waals surface area (Å²) in [4.78, 5) is 24.1. The van der Waals surface area contributed by atoms with Crippen LogP contribution in [0.4, 0.5) is 0 Å². The van der Waals surface area contributed by atoms with E-state index in [4.69, 9.17) is 9.47 Å². The van der Waals surface area contributed by atoms with E-state index in [1.54, 1.807) is 20.8 Å². The fraction of sp³-hybridized carbons (Fsp3) is 0.846. The van der Waals surface area contributed by atoms with E-state index in [9.17, 15) is 9.59 Å². The molecule has 0 bridgehead atoms. The Bertz CT molecular complexity index is 269. The number of esters is 1. The van der Waals surface area contributed by atoms with E-state index < -0.39 is 17.5 Å². The van der Waals surface area contributed by atoms with Crippen LogP contribution in [-0.4, -0.2) is 30.6 Å². The van der Waals surface area contributed by atoms with Gasteiger partial charge in [0.25, 0.3) is 0 Å². The van der Waals surface area contributed by atoms with Gasteiger partial charge in [-0.05, 0) is 33.6 Å². The molecular formula is C13H24O4. The average molecular weight is 244 g/mol. The second-order valence-corrected chi connectivity index (χ2v) is 4.78. The SMILES string of the molecule is CCOC(=O)C(C(=O)C(C)(C)OCC)C(C)C. The minimum absolute atomic E-state index is 0.0960. The van der Waals surface area contributed by atoms with E-state index in [0.29, 0.717) is 6.61 Å². The van der Waals surface area contributed by atoms with Gasteiger partial charge in [-0.3, -0.25) is 9.59 Å². The van der Waals surface area contributed by atoms with Gasteiger partial charge >= 0.3 is 5.97 Å². The Kier molecular flexibility index (Phi) is 6.39. The zero-order valence-electron chi connectivity index (χ0n) is 11.7. The van der Waals surface area contributed by atoms with Gasteiger partial charge in [0.15, 0.2) is 5.78 Å². The summed E-state index contributed by atoms with van der Waals surface area (Å²) in [5.41, 5.74) is -0.948. The van der Waals surface area contributed by atoms with E-state index in [1.165, 1.54) is 0 Å². The maximum absolute atomic E-state index is 12.3. The van der Waals surface area contributed by atoms with Crippen molar-refractivity contribution in [2.45, 2.75) is 47.1 Å². The molecule has 1 unspecified atom stereocenters. The summed E-state index contributed by atoms with van der Waals surface area (Å²) < 4.78 is 10.3. The second kappa shape index (κ2) is 6.74. The highest BCUT2D eigenvalue weighted by Crippen LogP contribution is 2.23. The van der Waals surface area contributed by atoms with Gasteiger partial charge in [-0.15, -0.1) is 0 Å². The van der Waals surface area contributed by atoms with Crippen LogP contribution in [0.5, 0.6) is 0 Å². The molecule has 0 spiro atoms. The van der Waals surface area contributed by atoms with Gasteiger partial charge in [0.2, 0.25) is 0 Å². The van der Waals surface area contributed by atoms with Crippen LogP contribution in [-0.2, 0) is 19.1 Å². The number of carbonyl (C=O) groups excluding carboxylic acids is 2. The molecule has 0 aromatic carbocycles. The Hall–Kier alpha value is -0.900. The Balaban J connectivity index is 4.95. The summed E-state index contributed by atoms with van der Waals surface area (Å²) >= 11 is 0. The van der Waals surface area contributed by atoms with Crippen molar-refractivity contribution in [3.05, 3.63) is 0 Å². The molecule has 1 atom stereocenters. The van der Waals surface area contributed by atoms with E-state index in [0.717, 1.165) is 0 Å². The minimum Gasteiger partial charge on any atom is -0.465 e. The summed E-state index contributed by atoms with van der Waals surface area (Å²) in [6.45, 7) is 11.3. The maximum Gasteiger partial charge on any atom is 0.316 e. The van der Waals surface area contributed by atoms with Crippen LogP contribution in [0.3, 0.4) is 0 Å². The van der Waals surface area contributed by atoms with E-state index in [2.05, 4.69) is 0 Å². The molecule has 0 aromatic rings. The molecule has 0 rings (SSSR count). The summed E-state index contributed by atoms with van der Waals surface area (Å²) in [5, 5.41) is 0. The van der Waals surface area contributed by atoms with Crippen LogP contribution < -0.4 is 0 Å². The Morgan fingerprint density at radius 2 is 1.65 bits per heavy atom. The molecule has 4 heteroatoms. The molecule has 0 heterocycles. The van der Waals surface area contributed by atoms with Crippen LogP contribution >= 0.6 is 0 Å². The fourth-order valence-electron chi connectivity index (χ4n) is 1.72. The zero-order chi connectivity index (χ0) is 13.6.